The van der Waals surface area contributed by atoms with Gasteiger partial charge in [0.2, 0.25) is 16.0 Å². The van der Waals surface area contributed by atoms with Crippen LogP contribution in [0.3, 0.4) is 0 Å². The molecule has 10 heteroatoms. The summed E-state index contributed by atoms with van der Waals surface area (Å²) in [5.41, 5.74) is 1.70. The molecule has 0 radical (unpaired) electrons. The minimum atomic E-state index is -3.55. The molecule has 1 aliphatic heterocycles. The molecular weight excluding hydrogens is 402 g/mol. The molecule has 0 unspecified atom stereocenters. The molecule has 0 atom stereocenters. The highest BCUT2D eigenvalue weighted by molar-refractivity contribution is 7.89. The Morgan fingerprint density at radius 3 is 2.43 bits per heavy atom. The molecule has 0 amide bonds. The number of hydrogen-bond donors (Lipinski definition) is 1. The van der Waals surface area contributed by atoms with Crippen molar-refractivity contribution < 1.29 is 8.42 Å². The fourth-order valence-corrected chi connectivity index (χ4v) is 4.87. The highest BCUT2D eigenvalue weighted by Crippen LogP contribution is 2.22. The van der Waals surface area contributed by atoms with Crippen molar-refractivity contribution in [2.24, 2.45) is 0 Å². The Labute approximate surface area is 176 Å². The van der Waals surface area contributed by atoms with E-state index < -0.39 is 10.0 Å². The van der Waals surface area contributed by atoms with Gasteiger partial charge >= 0.3 is 0 Å². The van der Waals surface area contributed by atoms with Gasteiger partial charge in [-0.2, -0.15) is 14.4 Å². The monoisotopic (exact) mass is 427 g/mol. The molecule has 3 heterocycles. The molecule has 2 aromatic heterocycles. The lowest BCUT2D eigenvalue weighted by molar-refractivity contribution is 0.384. The summed E-state index contributed by atoms with van der Waals surface area (Å²) in [7, 11) is -3.55. The van der Waals surface area contributed by atoms with Gasteiger partial charge in [0.25, 0.3) is 0 Å². The van der Waals surface area contributed by atoms with E-state index in [-0.39, 0.29) is 0 Å². The predicted molar refractivity (Wildman–Crippen MR) is 115 cm³/mol. The lowest BCUT2D eigenvalue weighted by Gasteiger charge is -2.34. The lowest BCUT2D eigenvalue weighted by atomic mass is 10.3. The Morgan fingerprint density at radius 2 is 1.80 bits per heavy atom. The van der Waals surface area contributed by atoms with Crippen molar-refractivity contribution in [2.45, 2.75) is 18.7 Å². The zero-order valence-electron chi connectivity index (χ0n) is 17.1. The molecule has 1 fully saturated rings. The standard InChI is InChI=1S/C20H25N7O2S/c1-3-21-20-23-16(2)15-19(24-20)25-11-13-26(14-12-25)30(28,29)18-7-5-17(6-8-18)27-10-4-9-22-27/h4-10,15H,3,11-14H2,1-2H3,(H,21,23,24). The molecule has 1 aliphatic rings. The van der Waals surface area contributed by atoms with Gasteiger partial charge in [-0.05, 0) is 44.2 Å². The Balaban J connectivity index is 1.45. The van der Waals surface area contributed by atoms with Crippen molar-refractivity contribution in [3.8, 4) is 5.69 Å². The van der Waals surface area contributed by atoms with Gasteiger partial charge in [-0.25, -0.2) is 18.1 Å². The summed E-state index contributed by atoms with van der Waals surface area (Å²) in [5.74, 6) is 1.42. The van der Waals surface area contributed by atoms with Gasteiger partial charge in [-0.3, -0.25) is 0 Å². The number of rotatable bonds is 6. The number of aromatic nitrogens is 4. The molecule has 1 saturated heterocycles. The van der Waals surface area contributed by atoms with Crippen LogP contribution in [0.25, 0.3) is 5.69 Å². The van der Waals surface area contributed by atoms with Crippen molar-refractivity contribution in [3.63, 3.8) is 0 Å². The third kappa shape index (κ3) is 4.14. The van der Waals surface area contributed by atoms with Crippen molar-refractivity contribution in [1.82, 2.24) is 24.1 Å². The van der Waals surface area contributed by atoms with E-state index in [1.807, 2.05) is 32.2 Å². The number of hydrogen-bond acceptors (Lipinski definition) is 7. The SMILES string of the molecule is CCNc1nc(C)cc(N2CCN(S(=O)(=O)c3ccc(-n4cccn4)cc3)CC2)n1. The molecule has 1 N–H and O–H groups in total. The first-order chi connectivity index (χ1) is 14.5. The van der Waals surface area contributed by atoms with E-state index in [1.165, 1.54) is 4.31 Å². The first kappa shape index (κ1) is 20.3. The Hall–Kier alpha value is -2.98. The Kier molecular flexibility index (Phi) is 5.69. The lowest BCUT2D eigenvalue weighted by Crippen LogP contribution is -2.49. The molecule has 0 aliphatic carbocycles. The third-order valence-corrected chi connectivity index (χ3v) is 6.89. The van der Waals surface area contributed by atoms with E-state index in [9.17, 15) is 8.42 Å². The predicted octanol–water partition coefficient (Wildman–Crippen LogP) is 1.91. The van der Waals surface area contributed by atoms with Crippen molar-refractivity contribution in [2.75, 3.05) is 42.9 Å². The van der Waals surface area contributed by atoms with Gasteiger partial charge in [0, 0.05) is 56.9 Å². The van der Waals surface area contributed by atoms with Crippen LogP contribution in [-0.2, 0) is 10.0 Å². The Morgan fingerprint density at radius 1 is 1.07 bits per heavy atom. The van der Waals surface area contributed by atoms with Crippen LogP contribution < -0.4 is 10.2 Å². The van der Waals surface area contributed by atoms with Crippen LogP contribution in [-0.4, -0.2) is 65.2 Å². The van der Waals surface area contributed by atoms with Crippen molar-refractivity contribution in [3.05, 3.63) is 54.5 Å². The molecule has 30 heavy (non-hydrogen) atoms. The smallest absolute Gasteiger partial charge is 0.243 e. The highest BCUT2D eigenvalue weighted by atomic mass is 32.2. The van der Waals surface area contributed by atoms with Gasteiger partial charge in [0.05, 0.1) is 10.6 Å². The summed E-state index contributed by atoms with van der Waals surface area (Å²) in [5, 5.41) is 7.30. The van der Waals surface area contributed by atoms with Crippen LogP contribution in [0.5, 0.6) is 0 Å². The van der Waals surface area contributed by atoms with Gasteiger partial charge in [-0.15, -0.1) is 0 Å². The highest BCUT2D eigenvalue weighted by Gasteiger charge is 2.29. The fourth-order valence-electron chi connectivity index (χ4n) is 3.45. The zero-order valence-corrected chi connectivity index (χ0v) is 17.9. The second kappa shape index (κ2) is 8.41. The van der Waals surface area contributed by atoms with E-state index >= 15 is 0 Å². The van der Waals surface area contributed by atoms with Crippen LogP contribution in [0.4, 0.5) is 11.8 Å². The normalized spacial score (nSPS) is 15.3. The number of sulfonamides is 1. The van der Waals surface area contributed by atoms with Gasteiger partial charge in [-0.1, -0.05) is 0 Å². The van der Waals surface area contributed by atoms with Crippen molar-refractivity contribution in [1.29, 1.82) is 0 Å². The topological polar surface area (TPSA) is 96.2 Å². The number of benzene rings is 1. The van der Waals surface area contributed by atoms with Gasteiger partial charge in [0.15, 0.2) is 0 Å². The van der Waals surface area contributed by atoms with E-state index in [0.717, 1.165) is 23.7 Å². The number of nitrogens with one attached hydrogen (secondary N) is 1. The molecule has 4 rings (SSSR count). The van der Waals surface area contributed by atoms with Crippen LogP contribution in [0.15, 0.2) is 53.7 Å². The summed E-state index contributed by atoms with van der Waals surface area (Å²) in [4.78, 5) is 11.3. The maximum Gasteiger partial charge on any atom is 0.243 e. The second-order valence-electron chi connectivity index (χ2n) is 7.06. The maximum atomic E-state index is 13.1. The molecule has 158 valence electrons. The average Bonchev–Trinajstić information content (AvgIpc) is 3.29. The Bertz CT molecular complexity index is 1090. The summed E-state index contributed by atoms with van der Waals surface area (Å²) in [6.07, 6.45) is 3.50. The third-order valence-electron chi connectivity index (χ3n) is 4.98. The average molecular weight is 428 g/mol. The number of aryl methyl sites for hydroxylation is 1. The van der Waals surface area contributed by atoms with Gasteiger partial charge < -0.3 is 10.2 Å². The molecule has 1 aromatic carbocycles. The van der Waals surface area contributed by atoms with Crippen LogP contribution >= 0.6 is 0 Å². The van der Waals surface area contributed by atoms with Crippen LogP contribution in [0, 0.1) is 6.92 Å². The molecular formula is C20H25N7O2S. The van der Waals surface area contributed by atoms with E-state index in [4.69, 9.17) is 0 Å². The number of anilines is 2. The first-order valence-electron chi connectivity index (χ1n) is 9.92. The summed E-state index contributed by atoms with van der Waals surface area (Å²) >= 11 is 0. The summed E-state index contributed by atoms with van der Waals surface area (Å²) in [6.45, 7) is 6.63. The maximum absolute atomic E-state index is 13.1. The minimum Gasteiger partial charge on any atom is -0.354 e. The zero-order chi connectivity index (χ0) is 21.1. The molecule has 0 bridgehead atoms. The second-order valence-corrected chi connectivity index (χ2v) is 9.00. The fraction of sp³-hybridized carbons (Fsp3) is 0.350. The van der Waals surface area contributed by atoms with Crippen LogP contribution in [0.2, 0.25) is 0 Å². The molecule has 0 spiro atoms. The quantitative estimate of drug-likeness (QED) is 0.642. The molecule has 9 nitrogen and oxygen atoms in total. The van der Waals surface area contributed by atoms with E-state index in [0.29, 0.717) is 37.0 Å². The molecule has 3 aromatic rings. The first-order valence-corrected chi connectivity index (χ1v) is 11.4. The largest absolute Gasteiger partial charge is 0.354 e. The number of piperazine rings is 1. The van der Waals surface area contributed by atoms with E-state index in [2.05, 4.69) is 25.3 Å². The molecule has 0 saturated carbocycles. The minimum absolute atomic E-state index is 0.291. The number of nitrogens with zero attached hydrogens (tertiary/aromatic N) is 6. The van der Waals surface area contributed by atoms with Crippen molar-refractivity contribution >= 4 is 21.8 Å². The summed E-state index contributed by atoms with van der Waals surface area (Å²) < 4.78 is 29.4. The van der Waals surface area contributed by atoms with E-state index in [1.54, 1.807) is 35.1 Å². The van der Waals surface area contributed by atoms with Crippen LogP contribution in [0.1, 0.15) is 12.6 Å². The summed E-state index contributed by atoms with van der Waals surface area (Å²) in [6, 6.07) is 10.6. The van der Waals surface area contributed by atoms with Gasteiger partial charge in [0.1, 0.15) is 5.82 Å².